The highest BCUT2D eigenvalue weighted by Gasteiger charge is 2.19. The third kappa shape index (κ3) is 3.60. The zero-order valence-electron chi connectivity index (χ0n) is 11.1. The van der Waals surface area contributed by atoms with Crippen molar-refractivity contribution in [2.45, 2.75) is 39.8 Å². The number of rotatable bonds is 5. The quantitative estimate of drug-likeness (QED) is 0.803. The zero-order chi connectivity index (χ0) is 13.0. The maximum atomic E-state index is 11.7. The van der Waals surface area contributed by atoms with Gasteiger partial charge in [0.2, 0.25) is 5.76 Å². The molecule has 0 spiro atoms. The van der Waals surface area contributed by atoms with Gasteiger partial charge >= 0.3 is 5.97 Å². The predicted molar refractivity (Wildman–Crippen MR) is 65.9 cm³/mol. The molecule has 0 fully saturated rings. The molecule has 2 unspecified atom stereocenters. The Bertz CT molecular complexity index is 370. The van der Waals surface area contributed by atoms with Crippen molar-refractivity contribution in [2.24, 2.45) is 5.92 Å². The van der Waals surface area contributed by atoms with Crippen LogP contribution in [-0.4, -0.2) is 19.1 Å². The summed E-state index contributed by atoms with van der Waals surface area (Å²) in [6.45, 7) is 7.86. The molecule has 0 saturated heterocycles. The molecular weight excluding hydrogens is 218 g/mol. The molecule has 4 nitrogen and oxygen atoms in total. The average molecular weight is 239 g/mol. The van der Waals surface area contributed by atoms with Crippen LogP contribution in [0.3, 0.4) is 0 Å². The number of hydrogen-bond acceptors (Lipinski definition) is 4. The minimum absolute atomic E-state index is 0.0825. The Morgan fingerprint density at radius 3 is 2.47 bits per heavy atom. The molecule has 17 heavy (non-hydrogen) atoms. The number of hydrogen-bond donors (Lipinski definition) is 1. The number of ether oxygens (including phenoxy) is 1. The molecule has 96 valence electrons. The van der Waals surface area contributed by atoms with E-state index in [9.17, 15) is 4.79 Å². The van der Waals surface area contributed by atoms with Crippen LogP contribution in [0.25, 0.3) is 0 Å². The summed E-state index contributed by atoms with van der Waals surface area (Å²) in [7, 11) is 1.84. The molecule has 1 rings (SSSR count). The van der Waals surface area contributed by atoms with Crippen molar-refractivity contribution >= 4 is 5.97 Å². The first-order valence-electron chi connectivity index (χ1n) is 5.93. The Morgan fingerprint density at radius 1 is 1.29 bits per heavy atom. The van der Waals surface area contributed by atoms with E-state index < -0.39 is 5.97 Å². The van der Waals surface area contributed by atoms with Crippen LogP contribution in [0.15, 0.2) is 16.5 Å². The lowest BCUT2D eigenvalue weighted by molar-refractivity contribution is 0.0201. The Labute approximate surface area is 102 Å². The van der Waals surface area contributed by atoms with Crippen LogP contribution < -0.4 is 5.32 Å². The van der Waals surface area contributed by atoms with Crippen molar-refractivity contribution in [3.8, 4) is 0 Å². The summed E-state index contributed by atoms with van der Waals surface area (Å²) in [5.74, 6) is 0.886. The van der Waals surface area contributed by atoms with Gasteiger partial charge in [0, 0.05) is 0 Å². The summed E-state index contributed by atoms with van der Waals surface area (Å²) < 4.78 is 10.7. The lowest BCUT2D eigenvalue weighted by atomic mass is 10.1. The minimum Gasteiger partial charge on any atom is -0.457 e. The first-order valence-corrected chi connectivity index (χ1v) is 5.93. The van der Waals surface area contributed by atoms with Gasteiger partial charge in [-0.15, -0.1) is 0 Å². The highest BCUT2D eigenvalue weighted by Crippen LogP contribution is 2.17. The second-order valence-corrected chi connectivity index (χ2v) is 4.57. The molecule has 1 N–H and O–H groups in total. The van der Waals surface area contributed by atoms with Gasteiger partial charge in [0.05, 0.1) is 6.04 Å². The maximum Gasteiger partial charge on any atom is 0.374 e. The summed E-state index contributed by atoms with van der Waals surface area (Å²) in [5, 5.41) is 3.05. The fraction of sp³-hybridized carbons (Fsp3) is 0.615. The SMILES string of the molecule is CNC(C)c1ccc(C(=O)OC(C)C(C)C)o1. The summed E-state index contributed by atoms with van der Waals surface area (Å²) in [6.07, 6.45) is -0.113. The molecule has 0 saturated carbocycles. The van der Waals surface area contributed by atoms with Crippen LogP contribution in [0.2, 0.25) is 0 Å². The van der Waals surface area contributed by atoms with Crippen LogP contribution in [-0.2, 0) is 4.74 Å². The van der Waals surface area contributed by atoms with Gasteiger partial charge < -0.3 is 14.5 Å². The van der Waals surface area contributed by atoms with Crippen LogP contribution in [0.1, 0.15) is 50.1 Å². The van der Waals surface area contributed by atoms with Crippen molar-refractivity contribution in [1.29, 1.82) is 0 Å². The standard InChI is InChI=1S/C13H21NO3/c1-8(2)10(4)16-13(15)12-7-6-11(17-12)9(3)14-5/h6-10,14H,1-5H3. The van der Waals surface area contributed by atoms with E-state index in [0.29, 0.717) is 5.92 Å². The lowest BCUT2D eigenvalue weighted by Crippen LogP contribution is -2.19. The van der Waals surface area contributed by atoms with E-state index in [2.05, 4.69) is 5.32 Å². The molecule has 1 aromatic heterocycles. The van der Waals surface area contributed by atoms with E-state index in [0.717, 1.165) is 5.76 Å². The van der Waals surface area contributed by atoms with Gasteiger partial charge in [0.25, 0.3) is 0 Å². The zero-order valence-corrected chi connectivity index (χ0v) is 11.1. The smallest absolute Gasteiger partial charge is 0.374 e. The molecule has 0 radical (unpaired) electrons. The molecule has 1 aromatic rings. The summed E-state index contributed by atoms with van der Waals surface area (Å²) in [4.78, 5) is 11.7. The van der Waals surface area contributed by atoms with Crippen molar-refractivity contribution in [2.75, 3.05) is 7.05 Å². The van der Waals surface area contributed by atoms with E-state index in [4.69, 9.17) is 9.15 Å². The van der Waals surface area contributed by atoms with Gasteiger partial charge in [0.1, 0.15) is 11.9 Å². The number of carbonyl (C=O) groups is 1. The fourth-order valence-corrected chi connectivity index (χ4v) is 1.20. The van der Waals surface area contributed by atoms with Gasteiger partial charge in [0.15, 0.2) is 0 Å². The molecule has 1 heterocycles. The maximum absolute atomic E-state index is 11.7. The Balaban J connectivity index is 2.67. The van der Waals surface area contributed by atoms with Gasteiger partial charge in [-0.25, -0.2) is 4.79 Å². The van der Waals surface area contributed by atoms with Crippen molar-refractivity contribution < 1.29 is 13.9 Å². The minimum atomic E-state index is -0.402. The van der Waals surface area contributed by atoms with Crippen molar-refractivity contribution in [3.63, 3.8) is 0 Å². The molecule has 0 aromatic carbocycles. The third-order valence-electron chi connectivity index (χ3n) is 2.92. The molecule has 0 bridgehead atoms. The summed E-state index contributed by atoms with van der Waals surface area (Å²) >= 11 is 0. The van der Waals surface area contributed by atoms with E-state index in [1.165, 1.54) is 0 Å². The second kappa shape index (κ2) is 5.87. The van der Waals surface area contributed by atoms with Crippen LogP contribution in [0.4, 0.5) is 0 Å². The van der Waals surface area contributed by atoms with Gasteiger partial charge in [-0.2, -0.15) is 0 Å². The van der Waals surface area contributed by atoms with Crippen molar-refractivity contribution in [3.05, 3.63) is 23.7 Å². The molecule has 0 amide bonds. The van der Waals surface area contributed by atoms with Crippen LogP contribution >= 0.6 is 0 Å². The van der Waals surface area contributed by atoms with Gasteiger partial charge in [-0.1, -0.05) is 13.8 Å². The van der Waals surface area contributed by atoms with E-state index >= 15 is 0 Å². The topological polar surface area (TPSA) is 51.5 Å². The Morgan fingerprint density at radius 2 is 1.94 bits per heavy atom. The van der Waals surface area contributed by atoms with E-state index in [1.807, 2.05) is 34.7 Å². The molecule has 4 heteroatoms. The average Bonchev–Trinajstić information content (AvgIpc) is 2.77. The largest absolute Gasteiger partial charge is 0.457 e. The first kappa shape index (κ1) is 13.8. The van der Waals surface area contributed by atoms with Crippen molar-refractivity contribution in [1.82, 2.24) is 5.32 Å². The molecule has 0 aliphatic heterocycles. The molecule has 0 aliphatic rings. The van der Waals surface area contributed by atoms with E-state index in [-0.39, 0.29) is 17.9 Å². The predicted octanol–water partition coefficient (Wildman–Crippen LogP) is 2.76. The van der Waals surface area contributed by atoms with Gasteiger partial charge in [-0.3, -0.25) is 0 Å². The Kier molecular flexibility index (Phi) is 4.75. The highest BCUT2D eigenvalue weighted by atomic mass is 16.6. The monoisotopic (exact) mass is 239 g/mol. The molecule has 0 aliphatic carbocycles. The van der Waals surface area contributed by atoms with E-state index in [1.54, 1.807) is 12.1 Å². The van der Waals surface area contributed by atoms with Crippen LogP contribution in [0, 0.1) is 5.92 Å². The highest BCUT2D eigenvalue weighted by molar-refractivity contribution is 5.86. The van der Waals surface area contributed by atoms with Crippen LogP contribution in [0.5, 0.6) is 0 Å². The van der Waals surface area contributed by atoms with Gasteiger partial charge in [-0.05, 0) is 38.9 Å². The molecule has 2 atom stereocenters. The molecular formula is C13H21NO3. The third-order valence-corrected chi connectivity index (χ3v) is 2.92. The first-order chi connectivity index (χ1) is 7.95. The second-order valence-electron chi connectivity index (χ2n) is 4.57. The lowest BCUT2D eigenvalue weighted by Gasteiger charge is -2.15. The normalized spacial score (nSPS) is 14.7. The fourth-order valence-electron chi connectivity index (χ4n) is 1.20. The number of nitrogens with one attached hydrogen (secondary N) is 1. The summed E-state index contributed by atoms with van der Waals surface area (Å²) in [6, 6.07) is 3.52. The number of furan rings is 1. The summed E-state index contributed by atoms with van der Waals surface area (Å²) in [5.41, 5.74) is 0. The Hall–Kier alpha value is -1.29. The number of esters is 1. The number of carbonyl (C=O) groups excluding carboxylic acids is 1.